The molecule has 0 aliphatic carbocycles. The fourth-order valence-electron chi connectivity index (χ4n) is 4.05. The quantitative estimate of drug-likeness (QED) is 0.356. The number of benzene rings is 1. The molecule has 0 spiro atoms. The van der Waals surface area contributed by atoms with Gasteiger partial charge in [-0.3, -0.25) is 9.79 Å². The highest BCUT2D eigenvalue weighted by Gasteiger charge is 2.25. The van der Waals surface area contributed by atoms with Crippen LogP contribution < -0.4 is 16.4 Å². The van der Waals surface area contributed by atoms with Crippen LogP contribution in [0.25, 0.3) is 0 Å². The van der Waals surface area contributed by atoms with Crippen molar-refractivity contribution in [3.8, 4) is 5.75 Å². The maximum atomic E-state index is 13.2. The minimum absolute atomic E-state index is 0.0256. The Balaban J connectivity index is 1.48. The van der Waals surface area contributed by atoms with Crippen LogP contribution >= 0.6 is 0 Å². The van der Waals surface area contributed by atoms with E-state index in [1.165, 1.54) is 0 Å². The first-order valence-corrected chi connectivity index (χ1v) is 11.9. The summed E-state index contributed by atoms with van der Waals surface area (Å²) in [5.74, 6) is 1.01. The number of furan rings is 1. The average Bonchev–Trinajstić information content (AvgIpc) is 3.34. The molecule has 1 fully saturated rings. The number of para-hydroxylation sites is 1. The van der Waals surface area contributed by atoms with Gasteiger partial charge in [0.25, 0.3) is 5.91 Å². The number of nitrogens with zero attached hydrogens (tertiary/aromatic N) is 5. The van der Waals surface area contributed by atoms with Crippen LogP contribution in [0.5, 0.6) is 5.75 Å². The molecule has 4 rings (SSSR count). The number of pyridine rings is 1. The maximum absolute atomic E-state index is 13.2. The van der Waals surface area contributed by atoms with Crippen molar-refractivity contribution in [2.45, 2.75) is 26.3 Å². The molecule has 0 unspecified atom stereocenters. The van der Waals surface area contributed by atoms with E-state index in [-0.39, 0.29) is 40.6 Å². The molecule has 10 heteroatoms. The molecule has 3 heterocycles. The summed E-state index contributed by atoms with van der Waals surface area (Å²) in [5, 5.41) is 10.8. The predicted octanol–water partition coefficient (Wildman–Crippen LogP) is 3.15. The number of phenols is 1. The summed E-state index contributed by atoms with van der Waals surface area (Å²) in [6.07, 6.45) is 4.06. The number of aromatic nitrogens is 1. The molecule has 5 N–H and O–H groups in total. The summed E-state index contributed by atoms with van der Waals surface area (Å²) in [4.78, 5) is 30.1. The van der Waals surface area contributed by atoms with Crippen molar-refractivity contribution in [2.24, 2.45) is 21.5 Å². The molecular formula is C26H31N7O3. The fourth-order valence-corrected chi connectivity index (χ4v) is 4.05. The van der Waals surface area contributed by atoms with E-state index in [1.807, 2.05) is 38.1 Å². The Bertz CT molecular complexity index is 1260. The summed E-state index contributed by atoms with van der Waals surface area (Å²) in [6, 6.07) is 12.1. The summed E-state index contributed by atoms with van der Waals surface area (Å²) >= 11 is 0. The molecule has 1 aliphatic heterocycles. The van der Waals surface area contributed by atoms with Crippen molar-refractivity contribution in [3.63, 3.8) is 0 Å². The molecule has 1 aromatic carbocycles. The van der Waals surface area contributed by atoms with Gasteiger partial charge in [-0.05, 0) is 49.2 Å². The molecule has 1 atom stereocenters. The van der Waals surface area contributed by atoms with Crippen LogP contribution in [-0.4, -0.2) is 58.7 Å². The van der Waals surface area contributed by atoms with E-state index < -0.39 is 0 Å². The van der Waals surface area contributed by atoms with Crippen LogP contribution in [0.4, 0.5) is 11.5 Å². The first kappa shape index (κ1) is 24.8. The number of carbonyl (C=O) groups excluding carboxylic acids is 1. The average molecular weight is 490 g/mol. The summed E-state index contributed by atoms with van der Waals surface area (Å²) in [7, 11) is 0. The molecule has 1 saturated heterocycles. The lowest BCUT2D eigenvalue weighted by atomic mass is 10.1. The monoisotopic (exact) mass is 489 g/mol. The number of amidine groups is 2. The van der Waals surface area contributed by atoms with E-state index >= 15 is 0 Å². The van der Waals surface area contributed by atoms with Crippen molar-refractivity contribution in [1.82, 2.24) is 9.88 Å². The highest BCUT2D eigenvalue weighted by molar-refractivity contribution is 6.39. The van der Waals surface area contributed by atoms with Gasteiger partial charge >= 0.3 is 0 Å². The molecular weight excluding hydrogens is 458 g/mol. The van der Waals surface area contributed by atoms with Crippen molar-refractivity contribution in [3.05, 3.63) is 71.8 Å². The largest absolute Gasteiger partial charge is 0.505 e. The van der Waals surface area contributed by atoms with E-state index in [9.17, 15) is 9.90 Å². The van der Waals surface area contributed by atoms with Crippen LogP contribution in [0.15, 0.2) is 69.3 Å². The first-order chi connectivity index (χ1) is 17.4. The lowest BCUT2D eigenvalue weighted by Crippen LogP contribution is -2.49. The summed E-state index contributed by atoms with van der Waals surface area (Å²) in [6.45, 7) is 6.21. The molecule has 0 saturated carbocycles. The number of aryl methyl sites for hydroxylation is 1. The molecule has 2 aromatic heterocycles. The third-order valence-corrected chi connectivity index (χ3v) is 6.05. The van der Waals surface area contributed by atoms with Crippen molar-refractivity contribution < 1.29 is 14.3 Å². The van der Waals surface area contributed by atoms with E-state index in [2.05, 4.69) is 19.9 Å². The van der Waals surface area contributed by atoms with E-state index in [1.54, 1.807) is 35.6 Å². The molecule has 188 valence electrons. The third-order valence-electron chi connectivity index (χ3n) is 6.05. The Morgan fingerprint density at radius 1 is 1.14 bits per heavy atom. The van der Waals surface area contributed by atoms with Gasteiger partial charge in [-0.25, -0.2) is 9.98 Å². The van der Waals surface area contributed by atoms with Crippen molar-refractivity contribution >= 4 is 29.1 Å². The number of piperazine rings is 1. The van der Waals surface area contributed by atoms with Gasteiger partial charge in [-0.15, -0.1) is 0 Å². The minimum atomic E-state index is -0.307. The third kappa shape index (κ3) is 5.48. The van der Waals surface area contributed by atoms with Gasteiger partial charge in [0.2, 0.25) is 0 Å². The smallest absolute Gasteiger partial charge is 0.257 e. The van der Waals surface area contributed by atoms with E-state index in [4.69, 9.17) is 15.9 Å². The van der Waals surface area contributed by atoms with Gasteiger partial charge in [-0.2, -0.15) is 0 Å². The summed E-state index contributed by atoms with van der Waals surface area (Å²) < 4.78 is 5.53. The maximum Gasteiger partial charge on any atom is 0.257 e. The topological polar surface area (TPSA) is 147 Å². The van der Waals surface area contributed by atoms with Crippen molar-refractivity contribution in [2.75, 3.05) is 31.1 Å². The number of anilines is 1. The molecule has 10 nitrogen and oxygen atoms in total. The van der Waals surface area contributed by atoms with Crippen molar-refractivity contribution in [1.29, 1.82) is 0 Å². The number of aliphatic imine (C=N–C) groups is 2. The Kier molecular flexibility index (Phi) is 7.53. The van der Waals surface area contributed by atoms with Crippen LogP contribution in [0.2, 0.25) is 0 Å². The van der Waals surface area contributed by atoms with Gasteiger partial charge in [0.15, 0.2) is 17.4 Å². The van der Waals surface area contributed by atoms with Gasteiger partial charge in [0, 0.05) is 32.4 Å². The highest BCUT2D eigenvalue weighted by Crippen LogP contribution is 2.31. The molecule has 36 heavy (non-hydrogen) atoms. The van der Waals surface area contributed by atoms with Gasteiger partial charge < -0.3 is 30.8 Å². The Morgan fingerprint density at radius 2 is 1.92 bits per heavy atom. The molecule has 1 amide bonds. The molecule has 1 aliphatic rings. The number of phenolic OH excluding ortho intramolecular Hbond substituents is 1. The van der Waals surface area contributed by atoms with Gasteiger partial charge in [-0.1, -0.05) is 19.1 Å². The van der Waals surface area contributed by atoms with Crippen LogP contribution in [-0.2, 0) is 0 Å². The zero-order valence-corrected chi connectivity index (χ0v) is 20.5. The van der Waals surface area contributed by atoms with Crippen LogP contribution in [0.3, 0.4) is 0 Å². The molecule has 0 radical (unpaired) electrons. The number of hydrogen-bond donors (Lipinski definition) is 3. The highest BCUT2D eigenvalue weighted by atomic mass is 16.3. The number of carbonyl (C=O) groups is 1. The fraction of sp³-hybridized carbons (Fsp3) is 0.308. The first-order valence-electron chi connectivity index (χ1n) is 11.9. The zero-order chi connectivity index (χ0) is 25.7. The van der Waals surface area contributed by atoms with Crippen LogP contribution in [0.1, 0.15) is 41.1 Å². The Labute approximate surface area is 210 Å². The second kappa shape index (κ2) is 10.9. The number of amides is 1. The number of rotatable bonds is 6. The predicted molar refractivity (Wildman–Crippen MR) is 140 cm³/mol. The Morgan fingerprint density at radius 3 is 2.56 bits per heavy atom. The second-order valence-electron chi connectivity index (χ2n) is 8.60. The number of aromatic hydroxyl groups is 1. The van der Waals surface area contributed by atoms with Gasteiger partial charge in [0.1, 0.15) is 23.3 Å². The minimum Gasteiger partial charge on any atom is -0.505 e. The standard InChI is InChI=1S/C26H31N7O3/c1-3-19(21-15-17(2)16-36-21)30-24(27)25(28)31-20-8-6-7-18(23(20)34)26(35)33-13-11-32(12-14-33)22-9-4-5-10-29-22/h4-10,15-16,19,34H,3,11-14H2,1-2H3,(H2,27,30)(H2,28,31)/t19-/m1/s1. The lowest BCUT2D eigenvalue weighted by Gasteiger charge is -2.35. The molecule has 3 aromatic rings. The molecule has 0 bridgehead atoms. The normalized spacial score (nSPS) is 15.7. The SMILES string of the molecule is CC[C@@H](N=C(N)C(N)=Nc1cccc(C(=O)N2CCN(c3ccccn3)CC2)c1O)c1cc(C)co1. The Hall–Kier alpha value is -4.34. The zero-order valence-electron chi connectivity index (χ0n) is 20.5. The van der Waals surface area contributed by atoms with Gasteiger partial charge in [0.05, 0.1) is 11.8 Å². The van der Waals surface area contributed by atoms with E-state index in [0.29, 0.717) is 38.4 Å². The lowest BCUT2D eigenvalue weighted by molar-refractivity contribution is 0.0743. The van der Waals surface area contributed by atoms with E-state index in [0.717, 1.165) is 11.4 Å². The summed E-state index contributed by atoms with van der Waals surface area (Å²) in [5.41, 5.74) is 13.5. The second-order valence-corrected chi connectivity index (χ2v) is 8.60. The number of nitrogens with two attached hydrogens (primary N) is 2. The number of hydrogen-bond acceptors (Lipinski definition) is 7. The van der Waals surface area contributed by atoms with Crippen LogP contribution in [0, 0.1) is 6.92 Å².